The van der Waals surface area contributed by atoms with Gasteiger partial charge in [0, 0.05) is 0 Å². The number of aliphatic hydroxyl groups excluding tert-OH is 6. The van der Waals surface area contributed by atoms with Crippen molar-refractivity contribution in [1.29, 1.82) is 0 Å². The SMILES string of the molecule is C[C@@H]1O[C@H](OCc2ccc(CO[C@H]3O[C@@H](C)[C@@H](O)C(O)C3O)o2)C(O)C(O)[C@@H]1O. The van der Waals surface area contributed by atoms with Gasteiger partial charge in [0.05, 0.1) is 12.2 Å². The van der Waals surface area contributed by atoms with E-state index in [2.05, 4.69) is 0 Å². The zero-order valence-corrected chi connectivity index (χ0v) is 16.1. The van der Waals surface area contributed by atoms with Crippen LogP contribution in [0.1, 0.15) is 25.4 Å². The fraction of sp³-hybridized carbons (Fsp3) is 0.778. The first kappa shape index (κ1) is 22.6. The lowest BCUT2D eigenvalue weighted by atomic mass is 10.0. The van der Waals surface area contributed by atoms with Gasteiger partial charge in [-0.25, -0.2) is 0 Å². The summed E-state index contributed by atoms with van der Waals surface area (Å²) in [6, 6.07) is 3.23. The molecule has 2 aliphatic rings. The molecule has 6 N–H and O–H groups in total. The van der Waals surface area contributed by atoms with Crippen LogP contribution in [-0.2, 0) is 32.2 Å². The molecule has 1 aromatic heterocycles. The zero-order chi connectivity index (χ0) is 21.3. The highest BCUT2D eigenvalue weighted by atomic mass is 16.7. The molecule has 0 spiro atoms. The molecule has 0 saturated carbocycles. The normalized spacial score (nSPS) is 43.4. The summed E-state index contributed by atoms with van der Waals surface area (Å²) in [6.07, 6.45) is -11.7. The number of hydrogen-bond donors (Lipinski definition) is 6. The van der Waals surface area contributed by atoms with Crippen LogP contribution in [0.15, 0.2) is 16.5 Å². The van der Waals surface area contributed by atoms with E-state index in [1.54, 1.807) is 26.0 Å². The fourth-order valence-corrected chi connectivity index (χ4v) is 3.21. The van der Waals surface area contributed by atoms with E-state index in [-0.39, 0.29) is 13.2 Å². The zero-order valence-electron chi connectivity index (χ0n) is 16.1. The molecule has 0 amide bonds. The Hall–Kier alpha value is -1.12. The van der Waals surface area contributed by atoms with Gasteiger partial charge in [-0.05, 0) is 26.0 Å². The summed E-state index contributed by atoms with van der Waals surface area (Å²) in [6.45, 7) is 2.97. The molecule has 1 aromatic rings. The third-order valence-corrected chi connectivity index (χ3v) is 5.11. The Balaban J connectivity index is 1.49. The van der Waals surface area contributed by atoms with Crippen molar-refractivity contribution >= 4 is 0 Å². The van der Waals surface area contributed by atoms with Gasteiger partial charge in [-0.3, -0.25) is 0 Å². The van der Waals surface area contributed by atoms with E-state index in [1.807, 2.05) is 0 Å². The first-order valence-electron chi connectivity index (χ1n) is 9.39. The minimum absolute atomic E-state index is 0.0677. The number of hydrogen-bond acceptors (Lipinski definition) is 11. The monoisotopic (exact) mass is 420 g/mol. The lowest BCUT2D eigenvalue weighted by Gasteiger charge is -2.38. The van der Waals surface area contributed by atoms with Crippen molar-refractivity contribution < 1.29 is 54.0 Å². The molecule has 2 saturated heterocycles. The maximum atomic E-state index is 9.94. The summed E-state index contributed by atoms with van der Waals surface area (Å²) < 4.78 is 27.1. The number of furan rings is 1. The first-order valence-corrected chi connectivity index (χ1v) is 9.39. The lowest BCUT2D eigenvalue weighted by molar-refractivity contribution is -0.298. The molecule has 0 radical (unpaired) electrons. The maximum Gasteiger partial charge on any atom is 0.187 e. The molecule has 11 nitrogen and oxygen atoms in total. The Morgan fingerprint density at radius 2 is 1.03 bits per heavy atom. The molecule has 0 aromatic carbocycles. The van der Waals surface area contributed by atoms with Gasteiger partial charge in [0.15, 0.2) is 12.6 Å². The molecule has 10 atom stereocenters. The largest absolute Gasteiger partial charge is 0.461 e. The van der Waals surface area contributed by atoms with Crippen molar-refractivity contribution in [2.45, 2.75) is 88.5 Å². The van der Waals surface area contributed by atoms with Gasteiger partial charge >= 0.3 is 0 Å². The first-order chi connectivity index (χ1) is 13.7. The van der Waals surface area contributed by atoms with E-state index in [0.29, 0.717) is 11.5 Å². The van der Waals surface area contributed by atoms with Crippen molar-refractivity contribution in [2.75, 3.05) is 0 Å². The van der Waals surface area contributed by atoms with Crippen molar-refractivity contribution in [3.63, 3.8) is 0 Å². The van der Waals surface area contributed by atoms with Crippen molar-refractivity contribution in [2.24, 2.45) is 0 Å². The maximum absolute atomic E-state index is 9.94. The Labute approximate surface area is 167 Å². The molecule has 0 bridgehead atoms. The standard InChI is InChI=1S/C18H28O11/c1-7-11(19)13(21)15(23)17(27-7)25-5-9-3-4-10(29-9)6-26-18-16(24)14(22)12(20)8(2)28-18/h3-4,7-8,11-24H,5-6H2,1-2H3/t7-,8-,11+,12+,13?,14?,15?,16?,17-,18-/m0/s1. The van der Waals surface area contributed by atoms with Crippen LogP contribution in [-0.4, -0.2) is 92.1 Å². The Morgan fingerprint density at radius 3 is 1.41 bits per heavy atom. The second kappa shape index (κ2) is 9.35. The van der Waals surface area contributed by atoms with Crippen LogP contribution >= 0.6 is 0 Å². The van der Waals surface area contributed by atoms with Crippen molar-refractivity contribution in [3.05, 3.63) is 23.7 Å². The second-order valence-electron chi connectivity index (χ2n) is 7.35. The summed E-state index contributed by atoms with van der Waals surface area (Å²) in [5.41, 5.74) is 0. The van der Waals surface area contributed by atoms with Gasteiger partial charge in [-0.1, -0.05) is 0 Å². The van der Waals surface area contributed by atoms with E-state index in [1.165, 1.54) is 0 Å². The summed E-state index contributed by atoms with van der Waals surface area (Å²) in [5, 5.41) is 58.8. The van der Waals surface area contributed by atoms with E-state index in [4.69, 9.17) is 23.4 Å². The molecule has 0 aliphatic carbocycles. The van der Waals surface area contributed by atoms with Crippen LogP contribution in [0.25, 0.3) is 0 Å². The van der Waals surface area contributed by atoms with Crippen LogP contribution < -0.4 is 0 Å². The molecule has 3 heterocycles. The number of ether oxygens (including phenoxy) is 4. The van der Waals surface area contributed by atoms with Gasteiger partial charge in [-0.2, -0.15) is 0 Å². The molecule has 3 rings (SSSR count). The summed E-state index contributed by atoms with van der Waals surface area (Å²) >= 11 is 0. The van der Waals surface area contributed by atoms with Crippen LogP contribution in [0.3, 0.4) is 0 Å². The summed E-state index contributed by atoms with van der Waals surface area (Å²) in [7, 11) is 0. The fourth-order valence-electron chi connectivity index (χ4n) is 3.21. The average molecular weight is 420 g/mol. The molecule has 2 aliphatic heterocycles. The minimum Gasteiger partial charge on any atom is -0.461 e. The smallest absolute Gasteiger partial charge is 0.187 e. The van der Waals surface area contributed by atoms with Gasteiger partial charge in [0.1, 0.15) is 61.4 Å². The molecule has 29 heavy (non-hydrogen) atoms. The van der Waals surface area contributed by atoms with E-state index >= 15 is 0 Å². The van der Waals surface area contributed by atoms with Gasteiger partial charge in [0.25, 0.3) is 0 Å². The van der Waals surface area contributed by atoms with Crippen LogP contribution in [0.4, 0.5) is 0 Å². The van der Waals surface area contributed by atoms with E-state index < -0.39 is 61.4 Å². The van der Waals surface area contributed by atoms with Crippen molar-refractivity contribution in [3.8, 4) is 0 Å². The van der Waals surface area contributed by atoms with Crippen LogP contribution in [0, 0.1) is 0 Å². The molecule has 4 unspecified atom stereocenters. The van der Waals surface area contributed by atoms with Crippen LogP contribution in [0.2, 0.25) is 0 Å². The lowest BCUT2D eigenvalue weighted by Crippen LogP contribution is -2.57. The molecular formula is C18H28O11. The van der Waals surface area contributed by atoms with E-state index in [0.717, 1.165) is 0 Å². The van der Waals surface area contributed by atoms with Gasteiger partial charge in [0.2, 0.25) is 0 Å². The van der Waals surface area contributed by atoms with Gasteiger partial charge < -0.3 is 54.0 Å². The third-order valence-electron chi connectivity index (χ3n) is 5.11. The summed E-state index contributed by atoms with van der Waals surface area (Å²) in [4.78, 5) is 0. The topological polar surface area (TPSA) is 171 Å². The van der Waals surface area contributed by atoms with E-state index in [9.17, 15) is 30.6 Å². The molecule has 166 valence electrons. The second-order valence-corrected chi connectivity index (χ2v) is 7.35. The highest BCUT2D eigenvalue weighted by molar-refractivity contribution is 5.06. The molecule has 2 fully saturated rings. The number of rotatable bonds is 6. The van der Waals surface area contributed by atoms with Crippen LogP contribution in [0.5, 0.6) is 0 Å². The number of aliphatic hydroxyl groups is 6. The Kier molecular flexibility index (Phi) is 7.27. The Morgan fingerprint density at radius 1 is 0.655 bits per heavy atom. The highest BCUT2D eigenvalue weighted by Crippen LogP contribution is 2.25. The molecular weight excluding hydrogens is 392 g/mol. The quantitative estimate of drug-likeness (QED) is 0.300. The predicted octanol–water partition coefficient (Wildman–Crippen LogP) is -2.03. The van der Waals surface area contributed by atoms with Gasteiger partial charge in [-0.15, -0.1) is 0 Å². The molecule has 11 heteroatoms. The summed E-state index contributed by atoms with van der Waals surface area (Å²) in [5.74, 6) is 0.781. The minimum atomic E-state index is -1.41. The van der Waals surface area contributed by atoms with Crippen molar-refractivity contribution in [1.82, 2.24) is 0 Å². The predicted molar refractivity (Wildman–Crippen MR) is 93.0 cm³/mol. The average Bonchev–Trinajstić information content (AvgIpc) is 3.16. The third kappa shape index (κ3) is 4.97. The highest BCUT2D eigenvalue weighted by Gasteiger charge is 2.43. The Bertz CT molecular complexity index is 599.